The number of rotatable bonds is 7. The fourth-order valence-corrected chi connectivity index (χ4v) is 8.79. The summed E-state index contributed by atoms with van der Waals surface area (Å²) in [5, 5.41) is 9.97. The summed E-state index contributed by atoms with van der Waals surface area (Å²) >= 11 is 0. The van der Waals surface area contributed by atoms with Crippen LogP contribution in [0.15, 0.2) is 66.7 Å². The molecule has 3 aliphatic heterocycles. The Kier molecular flexibility index (Phi) is 9.73. The number of benzene rings is 3. The van der Waals surface area contributed by atoms with Crippen molar-refractivity contribution in [2.45, 2.75) is 69.2 Å². The molecule has 2 aliphatic carbocycles. The van der Waals surface area contributed by atoms with Gasteiger partial charge in [0, 0.05) is 36.6 Å². The van der Waals surface area contributed by atoms with Crippen molar-refractivity contribution in [1.29, 1.82) is 0 Å². The van der Waals surface area contributed by atoms with Gasteiger partial charge in [0.05, 0.1) is 32.8 Å². The molecule has 1 N–H and O–H groups in total. The standard InChI is InChI=1S/C24H29NO3.C17H21NO3/c1-27-22-14-19-13-20(24(26)21(19)15-23(22)28-2)12-17-8-10-25(11-9-17)16-18-6-4-3-5-7-18;1-18-8-7-17-6-5-12(19)9-14(17)21-16-13(20-2)4-3-11(10-18)15(16)17/h3-7,14-15,17,20H,8-13,16H2,1-2H3;3-6,12,14,19H,7-10H2,1-2H3/t;12-,14-,17-/m.0/s1. The minimum atomic E-state index is -0.412. The molecule has 260 valence electrons. The monoisotopic (exact) mass is 666 g/mol. The van der Waals surface area contributed by atoms with Gasteiger partial charge in [-0.25, -0.2) is 0 Å². The summed E-state index contributed by atoms with van der Waals surface area (Å²) in [5.41, 5.74) is 5.79. The number of hydrogen-bond donors (Lipinski definition) is 1. The Balaban J connectivity index is 0.000000160. The van der Waals surface area contributed by atoms with Crippen LogP contribution in [-0.2, 0) is 24.9 Å². The van der Waals surface area contributed by atoms with Crippen molar-refractivity contribution < 1.29 is 28.8 Å². The van der Waals surface area contributed by atoms with Crippen molar-refractivity contribution in [2.24, 2.45) is 11.8 Å². The topological polar surface area (TPSA) is 80.7 Å². The van der Waals surface area contributed by atoms with E-state index in [0.29, 0.717) is 23.8 Å². The summed E-state index contributed by atoms with van der Waals surface area (Å²) in [4.78, 5) is 17.8. The van der Waals surface area contributed by atoms with Crippen LogP contribution in [-0.4, -0.2) is 80.9 Å². The zero-order valence-electron chi connectivity index (χ0n) is 29.3. The third-order valence-electron chi connectivity index (χ3n) is 11.4. The van der Waals surface area contributed by atoms with E-state index in [9.17, 15) is 9.90 Å². The Bertz CT molecular complexity index is 1680. The number of ether oxygens (including phenoxy) is 4. The number of likely N-dealkylation sites (tertiary alicyclic amines) is 1. The lowest BCUT2D eigenvalue weighted by Gasteiger charge is -2.35. The fourth-order valence-electron chi connectivity index (χ4n) is 8.79. The molecule has 8 heteroatoms. The lowest BCUT2D eigenvalue weighted by molar-refractivity contribution is 0.0821. The minimum Gasteiger partial charge on any atom is -0.493 e. The third kappa shape index (κ3) is 6.58. The van der Waals surface area contributed by atoms with Gasteiger partial charge in [-0.3, -0.25) is 9.69 Å². The van der Waals surface area contributed by atoms with Crippen molar-refractivity contribution in [3.8, 4) is 23.0 Å². The molecule has 1 saturated heterocycles. The van der Waals surface area contributed by atoms with Crippen LogP contribution in [0.25, 0.3) is 0 Å². The van der Waals surface area contributed by atoms with Gasteiger partial charge in [-0.2, -0.15) is 0 Å². The van der Waals surface area contributed by atoms with Crippen LogP contribution in [0.4, 0.5) is 0 Å². The lowest BCUT2D eigenvalue weighted by Crippen LogP contribution is -2.42. The molecule has 8 nitrogen and oxygen atoms in total. The summed E-state index contributed by atoms with van der Waals surface area (Å²) in [5.74, 6) is 4.07. The highest BCUT2D eigenvalue weighted by atomic mass is 16.5. The number of aliphatic hydroxyl groups is 1. The number of ketones is 1. The average molecular weight is 667 g/mol. The Morgan fingerprint density at radius 3 is 2.39 bits per heavy atom. The SMILES string of the molecule is COc1cc2c(cc1OC)C(=O)C(CC1CCN(Cc3ccccc3)CC1)C2.COc1ccc2c3c1O[C@H]1C[C@@H](O)C=C[C@@]31CCN(C)C2. The van der Waals surface area contributed by atoms with Crippen molar-refractivity contribution in [3.05, 3.63) is 94.6 Å². The van der Waals surface area contributed by atoms with E-state index in [1.54, 1.807) is 21.3 Å². The maximum absolute atomic E-state index is 12.9. The van der Waals surface area contributed by atoms with Crippen LogP contribution in [0, 0.1) is 11.8 Å². The van der Waals surface area contributed by atoms with E-state index in [1.165, 1.54) is 29.5 Å². The largest absolute Gasteiger partial charge is 0.493 e. The normalized spacial score (nSPS) is 26.1. The molecule has 3 aromatic rings. The van der Waals surface area contributed by atoms with Gasteiger partial charge >= 0.3 is 0 Å². The number of nitrogens with zero attached hydrogens (tertiary/aromatic N) is 2. The predicted octanol–water partition coefficient (Wildman–Crippen LogP) is 6.21. The van der Waals surface area contributed by atoms with Crippen LogP contribution in [0.5, 0.6) is 23.0 Å². The zero-order valence-corrected chi connectivity index (χ0v) is 29.3. The quantitative estimate of drug-likeness (QED) is 0.298. The molecule has 49 heavy (non-hydrogen) atoms. The van der Waals surface area contributed by atoms with Crippen LogP contribution in [0.1, 0.15) is 64.7 Å². The van der Waals surface area contributed by atoms with Crippen LogP contribution in [0.3, 0.4) is 0 Å². The average Bonchev–Trinajstić information content (AvgIpc) is 3.56. The van der Waals surface area contributed by atoms with E-state index >= 15 is 0 Å². The molecule has 1 fully saturated rings. The second-order valence-corrected chi connectivity index (χ2v) is 14.5. The molecule has 1 spiro atoms. The second kappa shape index (κ2) is 14.2. The molecular formula is C41H50N2O6. The molecule has 3 aromatic carbocycles. The van der Waals surface area contributed by atoms with Crippen molar-refractivity contribution in [1.82, 2.24) is 9.80 Å². The molecule has 0 amide bonds. The first-order valence-electron chi connectivity index (χ1n) is 17.8. The molecule has 0 saturated carbocycles. The van der Waals surface area contributed by atoms with Gasteiger partial charge in [-0.15, -0.1) is 0 Å². The molecule has 5 aliphatic rings. The Morgan fingerprint density at radius 2 is 1.65 bits per heavy atom. The molecule has 3 heterocycles. The van der Waals surface area contributed by atoms with Crippen molar-refractivity contribution in [2.75, 3.05) is 48.0 Å². The van der Waals surface area contributed by atoms with Gasteiger partial charge in [0.15, 0.2) is 28.8 Å². The first kappa shape index (κ1) is 33.6. The van der Waals surface area contributed by atoms with E-state index in [2.05, 4.69) is 59.3 Å². The third-order valence-corrected chi connectivity index (χ3v) is 11.4. The predicted molar refractivity (Wildman–Crippen MR) is 190 cm³/mol. The van der Waals surface area contributed by atoms with Crippen LogP contribution < -0.4 is 18.9 Å². The summed E-state index contributed by atoms with van der Waals surface area (Å²) < 4.78 is 22.5. The maximum Gasteiger partial charge on any atom is 0.166 e. The second-order valence-electron chi connectivity index (χ2n) is 14.5. The first-order chi connectivity index (χ1) is 23.8. The molecular weight excluding hydrogens is 616 g/mol. The number of fused-ring (bicyclic) bond motifs is 1. The van der Waals surface area contributed by atoms with Gasteiger partial charge in [0.2, 0.25) is 0 Å². The highest BCUT2D eigenvalue weighted by molar-refractivity contribution is 6.02. The molecule has 4 atom stereocenters. The minimum absolute atomic E-state index is 0.00838. The van der Waals surface area contributed by atoms with Gasteiger partial charge in [-0.1, -0.05) is 48.6 Å². The summed E-state index contributed by atoms with van der Waals surface area (Å²) in [7, 11) is 7.10. The highest BCUT2D eigenvalue weighted by Crippen LogP contribution is 2.55. The van der Waals surface area contributed by atoms with E-state index in [4.69, 9.17) is 18.9 Å². The summed E-state index contributed by atoms with van der Waals surface area (Å²) in [6.45, 7) is 5.22. The van der Waals surface area contributed by atoms with Gasteiger partial charge < -0.3 is 29.0 Å². The molecule has 8 rings (SSSR count). The first-order valence-corrected chi connectivity index (χ1v) is 17.8. The zero-order chi connectivity index (χ0) is 34.1. The van der Waals surface area contributed by atoms with Gasteiger partial charge in [-0.05, 0) is 99.6 Å². The van der Waals surface area contributed by atoms with E-state index in [0.717, 1.165) is 74.6 Å². The van der Waals surface area contributed by atoms with Gasteiger partial charge in [0.25, 0.3) is 0 Å². The lowest BCUT2D eigenvalue weighted by atomic mass is 9.69. The number of Topliss-reactive ketones (excluding diaryl/α,β-unsaturated/α-hetero) is 1. The number of carbonyl (C=O) groups excluding carboxylic acids is 1. The molecule has 1 unspecified atom stereocenters. The summed E-state index contributed by atoms with van der Waals surface area (Å²) in [6, 6.07) is 18.7. The number of methoxy groups -OCH3 is 3. The number of hydrogen-bond acceptors (Lipinski definition) is 8. The number of aliphatic hydroxyl groups excluding tert-OH is 1. The molecule has 0 bridgehead atoms. The smallest absolute Gasteiger partial charge is 0.166 e. The van der Waals surface area contributed by atoms with Crippen molar-refractivity contribution >= 4 is 5.78 Å². The number of piperidine rings is 1. The number of carbonyl (C=O) groups is 1. The highest BCUT2D eigenvalue weighted by Gasteiger charge is 2.52. The summed E-state index contributed by atoms with van der Waals surface area (Å²) in [6.07, 6.45) is 9.57. The fraction of sp³-hybridized carbons (Fsp3) is 0.488. The molecule has 0 aromatic heterocycles. The van der Waals surface area contributed by atoms with Crippen LogP contribution >= 0.6 is 0 Å². The Morgan fingerprint density at radius 1 is 0.918 bits per heavy atom. The van der Waals surface area contributed by atoms with Crippen molar-refractivity contribution in [3.63, 3.8) is 0 Å². The maximum atomic E-state index is 12.9. The molecule has 0 radical (unpaired) electrons. The Hall–Kier alpha value is -3.85. The van der Waals surface area contributed by atoms with Gasteiger partial charge in [0.1, 0.15) is 6.10 Å². The van der Waals surface area contributed by atoms with E-state index in [-0.39, 0.29) is 23.2 Å². The Labute approximate surface area is 290 Å². The van der Waals surface area contributed by atoms with E-state index in [1.807, 2.05) is 24.3 Å². The van der Waals surface area contributed by atoms with E-state index < -0.39 is 6.10 Å². The van der Waals surface area contributed by atoms with Crippen LogP contribution in [0.2, 0.25) is 0 Å².